The molecule has 0 spiro atoms. The molecule has 5 rings (SSSR count). The minimum atomic E-state index is -0.233. The van der Waals surface area contributed by atoms with Crippen molar-refractivity contribution in [3.8, 4) is 22.8 Å². The third-order valence-corrected chi connectivity index (χ3v) is 5.41. The van der Waals surface area contributed by atoms with Gasteiger partial charge in [-0.3, -0.25) is 9.89 Å². The number of phenols is 2. The molecule has 2 aromatic carbocycles. The van der Waals surface area contributed by atoms with Crippen molar-refractivity contribution in [1.82, 2.24) is 20.3 Å². The van der Waals surface area contributed by atoms with E-state index >= 15 is 0 Å². The van der Waals surface area contributed by atoms with E-state index in [1.54, 1.807) is 4.90 Å². The highest BCUT2D eigenvalue weighted by atomic mass is 35.5. The number of carbonyl (C=O) groups is 1. The molecule has 3 N–H and O–H groups in total. The number of aromatic amines is 1. The van der Waals surface area contributed by atoms with Crippen molar-refractivity contribution in [2.24, 2.45) is 0 Å². The molecule has 3 heterocycles. The Hall–Kier alpha value is -3.52. The van der Waals surface area contributed by atoms with Crippen LogP contribution in [0.5, 0.6) is 11.5 Å². The lowest BCUT2D eigenvalue weighted by molar-refractivity contribution is 0.0730. The smallest absolute Gasteiger partial charge is 0.275 e. The van der Waals surface area contributed by atoms with Gasteiger partial charge in [0, 0.05) is 30.0 Å². The maximum Gasteiger partial charge on any atom is 0.275 e. The highest BCUT2D eigenvalue weighted by Crippen LogP contribution is 2.40. The number of nitrogens with zero attached hydrogens (tertiary/aromatic N) is 3. The van der Waals surface area contributed by atoms with Gasteiger partial charge >= 0.3 is 0 Å². The number of nitrogens with one attached hydrogen (secondary N) is 1. The van der Waals surface area contributed by atoms with Crippen LogP contribution >= 0.6 is 11.6 Å². The maximum atomic E-state index is 13.1. The summed E-state index contributed by atoms with van der Waals surface area (Å²) in [7, 11) is 0. The van der Waals surface area contributed by atoms with Crippen molar-refractivity contribution in [3.05, 3.63) is 58.4 Å². The third-order valence-electron chi connectivity index (χ3n) is 5.11. The number of halogens is 1. The van der Waals surface area contributed by atoms with Crippen LogP contribution in [0.3, 0.4) is 0 Å². The first-order chi connectivity index (χ1) is 14.0. The zero-order valence-electron chi connectivity index (χ0n) is 15.0. The predicted octanol–water partition coefficient (Wildman–Crippen LogP) is 3.48. The molecule has 2 aromatic heterocycles. The van der Waals surface area contributed by atoms with E-state index in [0.29, 0.717) is 35.5 Å². The van der Waals surface area contributed by atoms with Crippen LogP contribution in [0.4, 0.5) is 0 Å². The number of hydrogen-bond donors (Lipinski definition) is 3. The number of H-pyrrole nitrogens is 1. The van der Waals surface area contributed by atoms with Crippen LogP contribution in [0.25, 0.3) is 22.2 Å². The lowest BCUT2D eigenvalue weighted by Crippen LogP contribution is -2.36. The third kappa shape index (κ3) is 2.80. The Morgan fingerprint density at radius 1 is 1.21 bits per heavy atom. The van der Waals surface area contributed by atoms with Crippen LogP contribution in [0, 0.1) is 0 Å². The summed E-state index contributed by atoms with van der Waals surface area (Å²) in [5.41, 5.74) is 2.88. The number of benzene rings is 2. The second kappa shape index (κ2) is 6.52. The molecule has 1 amide bonds. The van der Waals surface area contributed by atoms with Crippen molar-refractivity contribution in [3.63, 3.8) is 0 Å². The molecule has 4 aromatic rings. The van der Waals surface area contributed by atoms with E-state index in [9.17, 15) is 15.0 Å². The van der Waals surface area contributed by atoms with Gasteiger partial charge in [0.15, 0.2) is 11.5 Å². The molecular formula is C20H15ClN4O4. The van der Waals surface area contributed by atoms with E-state index in [1.165, 1.54) is 6.07 Å². The fraction of sp³-hybridized carbons (Fsp3) is 0.150. The van der Waals surface area contributed by atoms with E-state index in [2.05, 4.69) is 15.4 Å². The van der Waals surface area contributed by atoms with Gasteiger partial charge in [-0.2, -0.15) is 5.10 Å². The zero-order chi connectivity index (χ0) is 20.1. The number of aromatic nitrogens is 3. The molecule has 0 unspecified atom stereocenters. The molecule has 0 aliphatic carbocycles. The van der Waals surface area contributed by atoms with Crippen molar-refractivity contribution in [2.45, 2.75) is 13.0 Å². The van der Waals surface area contributed by atoms with Crippen LogP contribution in [-0.4, -0.2) is 42.9 Å². The fourth-order valence-corrected chi connectivity index (χ4v) is 3.77. The van der Waals surface area contributed by atoms with Crippen molar-refractivity contribution >= 4 is 28.4 Å². The Labute approximate surface area is 169 Å². The van der Waals surface area contributed by atoms with E-state index in [1.807, 2.05) is 24.3 Å². The van der Waals surface area contributed by atoms with Crippen LogP contribution < -0.4 is 0 Å². The van der Waals surface area contributed by atoms with Crippen molar-refractivity contribution in [1.29, 1.82) is 0 Å². The van der Waals surface area contributed by atoms with Crippen LogP contribution in [0.15, 0.2) is 40.9 Å². The molecule has 0 fully saturated rings. The summed E-state index contributed by atoms with van der Waals surface area (Å²) in [6, 6.07) is 10.0. The average Bonchev–Trinajstić information content (AvgIpc) is 3.34. The highest BCUT2D eigenvalue weighted by Gasteiger charge is 2.30. The largest absolute Gasteiger partial charge is 0.507 e. The van der Waals surface area contributed by atoms with Gasteiger partial charge in [-0.15, -0.1) is 0 Å². The predicted molar refractivity (Wildman–Crippen MR) is 105 cm³/mol. The van der Waals surface area contributed by atoms with Gasteiger partial charge in [-0.25, -0.2) is 0 Å². The molecular weight excluding hydrogens is 396 g/mol. The van der Waals surface area contributed by atoms with Gasteiger partial charge in [0.25, 0.3) is 5.91 Å². The van der Waals surface area contributed by atoms with Crippen LogP contribution in [0.1, 0.15) is 21.7 Å². The summed E-state index contributed by atoms with van der Waals surface area (Å²) < 4.78 is 5.46. The topological polar surface area (TPSA) is 115 Å². The van der Waals surface area contributed by atoms with E-state index in [4.69, 9.17) is 16.1 Å². The number of aromatic hydroxyl groups is 2. The minimum Gasteiger partial charge on any atom is -0.507 e. The second-order valence-electron chi connectivity index (χ2n) is 6.85. The molecule has 0 radical (unpaired) electrons. The SMILES string of the molecule is O=C(c1n[nH]c2ccccc12)N1CCc2noc(-c3cc(Cl)c(O)cc3O)c2C1. The molecule has 0 saturated heterocycles. The zero-order valence-corrected chi connectivity index (χ0v) is 15.8. The number of hydrogen-bond acceptors (Lipinski definition) is 6. The molecule has 0 saturated carbocycles. The molecule has 29 heavy (non-hydrogen) atoms. The maximum absolute atomic E-state index is 13.1. The molecule has 0 atom stereocenters. The first-order valence-corrected chi connectivity index (χ1v) is 9.32. The number of fused-ring (bicyclic) bond motifs is 2. The normalized spacial score (nSPS) is 13.6. The lowest BCUT2D eigenvalue weighted by Gasteiger charge is -2.25. The summed E-state index contributed by atoms with van der Waals surface area (Å²) in [6.07, 6.45) is 0.513. The van der Waals surface area contributed by atoms with Crippen molar-refractivity contribution < 1.29 is 19.5 Å². The molecule has 8 nitrogen and oxygen atoms in total. The summed E-state index contributed by atoms with van der Waals surface area (Å²) in [6.45, 7) is 0.730. The summed E-state index contributed by atoms with van der Waals surface area (Å²) in [5, 5.41) is 31.9. The molecule has 146 valence electrons. The Bertz CT molecular complexity index is 1260. The Kier molecular flexibility index (Phi) is 3.95. The molecule has 9 heteroatoms. The fourth-order valence-electron chi connectivity index (χ4n) is 3.61. The van der Waals surface area contributed by atoms with Gasteiger partial charge in [0.1, 0.15) is 11.5 Å². The Balaban J connectivity index is 1.51. The Morgan fingerprint density at radius 2 is 2.03 bits per heavy atom. The number of para-hydroxylation sites is 1. The van der Waals surface area contributed by atoms with Gasteiger partial charge in [-0.05, 0) is 12.1 Å². The van der Waals surface area contributed by atoms with Crippen molar-refractivity contribution in [2.75, 3.05) is 6.54 Å². The second-order valence-corrected chi connectivity index (χ2v) is 7.26. The lowest BCUT2D eigenvalue weighted by atomic mass is 10.0. The summed E-state index contributed by atoms with van der Waals surface area (Å²) >= 11 is 5.99. The first-order valence-electron chi connectivity index (χ1n) is 8.94. The standard InChI is InChI=1S/C20H15ClN4O4/c21-13-7-11(16(26)8-17(13)27)19-12-9-25(6-5-15(12)24-29-19)20(28)18-10-3-1-2-4-14(10)22-23-18/h1-4,7-8,26-27H,5-6,9H2,(H,22,23). The summed E-state index contributed by atoms with van der Waals surface area (Å²) in [5.74, 6) is -0.298. The quantitative estimate of drug-likeness (QED) is 0.466. The Morgan fingerprint density at radius 3 is 2.90 bits per heavy atom. The summed E-state index contributed by atoms with van der Waals surface area (Å²) in [4.78, 5) is 14.8. The molecule has 1 aliphatic heterocycles. The monoisotopic (exact) mass is 410 g/mol. The molecule has 1 aliphatic rings. The average molecular weight is 411 g/mol. The molecule has 0 bridgehead atoms. The van der Waals surface area contributed by atoms with E-state index < -0.39 is 0 Å². The highest BCUT2D eigenvalue weighted by molar-refractivity contribution is 6.32. The van der Waals surface area contributed by atoms with Gasteiger partial charge < -0.3 is 19.6 Å². The van der Waals surface area contributed by atoms with Gasteiger partial charge in [0.05, 0.1) is 28.3 Å². The number of amides is 1. The van der Waals surface area contributed by atoms with Crippen LogP contribution in [0.2, 0.25) is 5.02 Å². The number of rotatable bonds is 2. The number of phenolic OH excluding ortho intramolecular Hbond substituents is 2. The first kappa shape index (κ1) is 17.6. The van der Waals surface area contributed by atoms with E-state index in [-0.39, 0.29) is 29.0 Å². The van der Waals surface area contributed by atoms with Gasteiger partial charge in [-0.1, -0.05) is 35.0 Å². The van der Waals surface area contributed by atoms with Gasteiger partial charge in [0.2, 0.25) is 0 Å². The van der Waals surface area contributed by atoms with Crippen LogP contribution in [-0.2, 0) is 13.0 Å². The minimum absolute atomic E-state index is 0.0784. The number of carbonyl (C=O) groups excluding carboxylic acids is 1. The van der Waals surface area contributed by atoms with E-state index in [0.717, 1.165) is 22.7 Å².